The molecule has 1 aromatic heterocycles. The van der Waals surface area contributed by atoms with Gasteiger partial charge in [-0.15, -0.1) is 0 Å². The monoisotopic (exact) mass is 262 g/mol. The van der Waals surface area contributed by atoms with Crippen molar-refractivity contribution < 1.29 is 4.74 Å². The number of rotatable bonds is 4. The first kappa shape index (κ1) is 12.5. The molecule has 1 N–H and O–H groups in total. The van der Waals surface area contributed by atoms with Crippen molar-refractivity contribution >= 4 is 18.4 Å². The molecule has 0 aliphatic rings. The average Bonchev–Trinajstić information content (AvgIpc) is 2.68. The van der Waals surface area contributed by atoms with Crippen LogP contribution in [0.5, 0.6) is 5.75 Å². The van der Waals surface area contributed by atoms with Crippen LogP contribution < -0.4 is 4.74 Å². The maximum absolute atomic E-state index is 5.42. The molecule has 0 saturated carbocycles. The normalized spacial score (nSPS) is 11.0. The van der Waals surface area contributed by atoms with Crippen molar-refractivity contribution in [2.45, 2.75) is 13.8 Å². The van der Waals surface area contributed by atoms with E-state index in [2.05, 4.69) is 15.3 Å². The van der Waals surface area contributed by atoms with E-state index in [1.54, 1.807) is 10.9 Å². The van der Waals surface area contributed by atoms with Crippen LogP contribution in [0.1, 0.15) is 18.3 Å². The number of hydrogen-bond donors (Lipinski definition) is 1. The third-order valence-corrected chi connectivity index (χ3v) is 2.57. The Morgan fingerprint density at radius 1 is 1.56 bits per heavy atom. The maximum Gasteiger partial charge on any atom is 0.216 e. The molecule has 0 aliphatic carbocycles. The minimum Gasteiger partial charge on any atom is -0.494 e. The molecule has 0 saturated heterocycles. The maximum atomic E-state index is 5.42. The quantitative estimate of drug-likeness (QED) is 0.680. The summed E-state index contributed by atoms with van der Waals surface area (Å²) in [5, 5.41) is 10.9. The summed E-state index contributed by atoms with van der Waals surface area (Å²) in [5.41, 5.74) is 0.948. The first-order valence-electron chi connectivity index (χ1n) is 5.62. The molecule has 0 spiro atoms. The van der Waals surface area contributed by atoms with Gasteiger partial charge in [-0.05, 0) is 43.8 Å². The van der Waals surface area contributed by atoms with Gasteiger partial charge in [0.2, 0.25) is 4.77 Å². The lowest BCUT2D eigenvalue weighted by Gasteiger charge is -2.02. The van der Waals surface area contributed by atoms with Crippen molar-refractivity contribution in [3.05, 3.63) is 40.4 Å². The fourth-order valence-electron chi connectivity index (χ4n) is 1.48. The minimum atomic E-state index is 0.477. The van der Waals surface area contributed by atoms with E-state index in [9.17, 15) is 0 Å². The number of ether oxygens (including phenoxy) is 1. The Morgan fingerprint density at radius 2 is 2.39 bits per heavy atom. The number of benzene rings is 1. The third kappa shape index (κ3) is 2.84. The van der Waals surface area contributed by atoms with E-state index in [1.165, 1.54) is 0 Å². The van der Waals surface area contributed by atoms with Crippen LogP contribution in [0.3, 0.4) is 0 Å². The van der Waals surface area contributed by atoms with Gasteiger partial charge in [-0.3, -0.25) is 5.10 Å². The largest absolute Gasteiger partial charge is 0.494 e. The van der Waals surface area contributed by atoms with E-state index in [0.29, 0.717) is 11.4 Å². The van der Waals surface area contributed by atoms with Gasteiger partial charge < -0.3 is 4.74 Å². The predicted octanol–water partition coefficient (Wildman–Crippen LogP) is 2.53. The number of nitrogens with one attached hydrogen (secondary N) is 1. The Labute approximate surface area is 110 Å². The second kappa shape index (κ2) is 5.59. The smallest absolute Gasteiger partial charge is 0.216 e. The van der Waals surface area contributed by atoms with Crippen LogP contribution >= 0.6 is 12.2 Å². The zero-order valence-electron chi connectivity index (χ0n) is 10.3. The lowest BCUT2D eigenvalue weighted by Crippen LogP contribution is -1.95. The van der Waals surface area contributed by atoms with E-state index in [0.717, 1.165) is 17.1 Å². The molecule has 0 unspecified atom stereocenters. The fraction of sp³-hybridized carbons (Fsp3) is 0.250. The summed E-state index contributed by atoms with van der Waals surface area (Å²) in [6.45, 7) is 4.43. The number of aryl methyl sites for hydroxylation is 1. The van der Waals surface area contributed by atoms with E-state index >= 15 is 0 Å². The molecule has 1 aromatic carbocycles. The molecule has 1 heterocycles. The summed E-state index contributed by atoms with van der Waals surface area (Å²) >= 11 is 5.06. The van der Waals surface area contributed by atoms with Gasteiger partial charge in [-0.1, -0.05) is 12.1 Å². The van der Waals surface area contributed by atoms with E-state index in [-0.39, 0.29) is 0 Å². The summed E-state index contributed by atoms with van der Waals surface area (Å²) in [6.07, 6.45) is 1.72. The SMILES string of the molecule is CCOc1cccc(C=Nn2c(C)n[nH]c2=S)c1. The molecule has 18 heavy (non-hydrogen) atoms. The summed E-state index contributed by atoms with van der Waals surface area (Å²) in [6, 6.07) is 7.71. The molecular formula is C12H14N4OS. The highest BCUT2D eigenvalue weighted by Crippen LogP contribution is 2.11. The van der Waals surface area contributed by atoms with Crippen molar-refractivity contribution in [2.24, 2.45) is 5.10 Å². The lowest BCUT2D eigenvalue weighted by atomic mass is 10.2. The Balaban J connectivity index is 2.23. The Bertz CT molecular complexity index is 615. The van der Waals surface area contributed by atoms with Crippen LogP contribution in [0.25, 0.3) is 0 Å². The molecular weight excluding hydrogens is 248 g/mol. The number of nitrogens with zero attached hydrogens (tertiary/aromatic N) is 3. The van der Waals surface area contributed by atoms with Gasteiger partial charge in [0, 0.05) is 0 Å². The van der Waals surface area contributed by atoms with Crippen LogP contribution in [0.4, 0.5) is 0 Å². The second-order valence-electron chi connectivity index (χ2n) is 3.64. The lowest BCUT2D eigenvalue weighted by molar-refractivity contribution is 0.340. The predicted molar refractivity (Wildman–Crippen MR) is 72.8 cm³/mol. The van der Waals surface area contributed by atoms with E-state index < -0.39 is 0 Å². The van der Waals surface area contributed by atoms with Crippen LogP contribution in [-0.4, -0.2) is 27.7 Å². The van der Waals surface area contributed by atoms with Gasteiger partial charge in [-0.25, -0.2) is 0 Å². The first-order chi connectivity index (χ1) is 8.70. The number of H-pyrrole nitrogens is 1. The number of aromatic amines is 1. The van der Waals surface area contributed by atoms with Crippen molar-refractivity contribution in [3.63, 3.8) is 0 Å². The molecule has 0 amide bonds. The summed E-state index contributed by atoms with van der Waals surface area (Å²) in [4.78, 5) is 0. The Kier molecular flexibility index (Phi) is 3.88. The molecule has 0 aliphatic heterocycles. The average molecular weight is 262 g/mol. The van der Waals surface area contributed by atoms with Gasteiger partial charge in [0.1, 0.15) is 11.6 Å². The zero-order chi connectivity index (χ0) is 13.0. The molecule has 2 aromatic rings. The molecule has 6 heteroatoms. The van der Waals surface area contributed by atoms with Crippen molar-refractivity contribution in [1.82, 2.24) is 14.9 Å². The molecule has 0 radical (unpaired) electrons. The Morgan fingerprint density at radius 3 is 3.06 bits per heavy atom. The molecule has 2 rings (SSSR count). The standard InChI is InChI=1S/C12H14N4OS/c1-3-17-11-6-4-5-10(7-11)8-13-16-9(2)14-15-12(16)18/h4-8H,3H2,1-2H3,(H,15,18). The number of aromatic nitrogens is 3. The van der Waals surface area contributed by atoms with E-state index in [4.69, 9.17) is 17.0 Å². The fourth-order valence-corrected chi connectivity index (χ4v) is 1.71. The second-order valence-corrected chi connectivity index (χ2v) is 4.02. The number of hydrogen-bond acceptors (Lipinski definition) is 4. The van der Waals surface area contributed by atoms with Gasteiger partial charge in [-0.2, -0.15) is 14.9 Å². The van der Waals surface area contributed by atoms with Crippen LogP contribution in [0.2, 0.25) is 0 Å². The van der Waals surface area contributed by atoms with Gasteiger partial charge in [0.15, 0.2) is 0 Å². The Hall–Kier alpha value is -1.95. The highest BCUT2D eigenvalue weighted by atomic mass is 32.1. The van der Waals surface area contributed by atoms with E-state index in [1.807, 2.05) is 38.1 Å². The first-order valence-corrected chi connectivity index (χ1v) is 6.02. The summed E-state index contributed by atoms with van der Waals surface area (Å²) in [7, 11) is 0. The molecule has 0 atom stereocenters. The van der Waals surface area contributed by atoms with Gasteiger partial charge in [0.05, 0.1) is 12.8 Å². The third-order valence-electron chi connectivity index (χ3n) is 2.30. The van der Waals surface area contributed by atoms with Crippen molar-refractivity contribution in [3.8, 4) is 5.75 Å². The highest BCUT2D eigenvalue weighted by molar-refractivity contribution is 7.71. The van der Waals surface area contributed by atoms with Crippen molar-refractivity contribution in [1.29, 1.82) is 0 Å². The molecule has 0 fully saturated rings. The topological polar surface area (TPSA) is 55.2 Å². The molecule has 5 nitrogen and oxygen atoms in total. The van der Waals surface area contributed by atoms with Gasteiger partial charge in [0.25, 0.3) is 0 Å². The summed E-state index contributed by atoms with van der Waals surface area (Å²) < 4.78 is 7.47. The minimum absolute atomic E-state index is 0.477. The highest BCUT2D eigenvalue weighted by Gasteiger charge is 1.98. The van der Waals surface area contributed by atoms with Crippen LogP contribution in [0.15, 0.2) is 29.4 Å². The molecule has 94 valence electrons. The summed E-state index contributed by atoms with van der Waals surface area (Å²) in [5.74, 6) is 1.55. The van der Waals surface area contributed by atoms with Crippen molar-refractivity contribution in [2.75, 3.05) is 6.61 Å². The van der Waals surface area contributed by atoms with Crippen LogP contribution in [0, 0.1) is 11.7 Å². The molecule has 0 bridgehead atoms. The van der Waals surface area contributed by atoms with Crippen LogP contribution in [-0.2, 0) is 0 Å². The zero-order valence-corrected chi connectivity index (χ0v) is 11.1. The van der Waals surface area contributed by atoms with Gasteiger partial charge >= 0.3 is 0 Å².